The number of imide groups is 1. The summed E-state index contributed by atoms with van der Waals surface area (Å²) in [4.78, 5) is 46.0. The molecule has 0 radical (unpaired) electrons. The smallest absolute Gasteiger partial charge is 0.302 e. The van der Waals surface area contributed by atoms with Gasteiger partial charge in [0, 0.05) is 13.8 Å². The van der Waals surface area contributed by atoms with E-state index in [1.54, 1.807) is 0 Å². The minimum absolute atomic E-state index is 0.228. The molecule has 7 heteroatoms. The molecular weight excluding hydrogens is 258 g/mol. The van der Waals surface area contributed by atoms with E-state index in [2.05, 4.69) is 5.32 Å². The van der Waals surface area contributed by atoms with Crippen LogP contribution in [0.15, 0.2) is 0 Å². The number of carbonyl (C=O) groups excluding carboxylic acids is 4. The van der Waals surface area contributed by atoms with Gasteiger partial charge in [-0.15, -0.1) is 0 Å². The lowest BCUT2D eigenvalue weighted by Gasteiger charge is -2.23. The van der Waals surface area contributed by atoms with Crippen molar-refractivity contribution in [3.8, 4) is 0 Å². The van der Waals surface area contributed by atoms with Crippen LogP contribution >= 0.6 is 11.8 Å². The standard InChI is InChI=1S/C11H13NO5S/c1-5(13)17-7-3-4-11(18-6(2)14)8(7)9(15)12-10(11)16/h7-8H,3-4H2,1-2H3,(H,12,15,16)/t7?,8-,11+/m0/s1. The van der Waals surface area contributed by atoms with Gasteiger partial charge in [-0.2, -0.15) is 0 Å². The van der Waals surface area contributed by atoms with E-state index in [-0.39, 0.29) is 5.12 Å². The van der Waals surface area contributed by atoms with Gasteiger partial charge in [0.2, 0.25) is 11.8 Å². The Balaban J connectivity index is 2.31. The van der Waals surface area contributed by atoms with E-state index < -0.39 is 34.6 Å². The van der Waals surface area contributed by atoms with Gasteiger partial charge in [0.05, 0.1) is 5.92 Å². The van der Waals surface area contributed by atoms with Crippen molar-refractivity contribution in [2.45, 2.75) is 37.5 Å². The number of hydrogen-bond donors (Lipinski definition) is 1. The Hall–Kier alpha value is -1.37. The molecule has 1 unspecified atom stereocenters. The molecular formula is C11H13NO5S. The summed E-state index contributed by atoms with van der Waals surface area (Å²) in [6, 6.07) is 0. The molecule has 1 aliphatic carbocycles. The number of thioether (sulfide) groups is 1. The van der Waals surface area contributed by atoms with Crippen LogP contribution in [-0.2, 0) is 23.9 Å². The van der Waals surface area contributed by atoms with E-state index in [1.807, 2.05) is 0 Å². The van der Waals surface area contributed by atoms with Crippen LogP contribution in [0.4, 0.5) is 0 Å². The maximum Gasteiger partial charge on any atom is 0.302 e. The summed E-state index contributed by atoms with van der Waals surface area (Å²) in [5, 5.41) is 2.00. The topological polar surface area (TPSA) is 89.5 Å². The van der Waals surface area contributed by atoms with Gasteiger partial charge in [-0.05, 0) is 12.8 Å². The summed E-state index contributed by atoms with van der Waals surface area (Å²) in [5.41, 5.74) is 0. The second-order valence-corrected chi connectivity index (χ2v) is 5.97. The Morgan fingerprint density at radius 3 is 2.61 bits per heavy atom. The van der Waals surface area contributed by atoms with Crippen LogP contribution in [0.3, 0.4) is 0 Å². The summed E-state index contributed by atoms with van der Waals surface area (Å²) in [6.07, 6.45) is 0.155. The highest BCUT2D eigenvalue weighted by Crippen LogP contribution is 2.50. The maximum absolute atomic E-state index is 11.9. The van der Waals surface area contributed by atoms with Crippen molar-refractivity contribution in [1.82, 2.24) is 5.32 Å². The molecule has 0 spiro atoms. The van der Waals surface area contributed by atoms with Gasteiger partial charge < -0.3 is 4.74 Å². The highest BCUT2D eigenvalue weighted by Gasteiger charge is 2.64. The SMILES string of the molecule is CC(=O)OC1CC[C@]2(SC(C)=O)C(=O)NC(=O)[C@H]12. The fraction of sp³-hybridized carbons (Fsp3) is 0.636. The Bertz CT molecular complexity index is 449. The molecule has 1 heterocycles. The quantitative estimate of drug-likeness (QED) is 0.562. The molecule has 1 aliphatic heterocycles. The van der Waals surface area contributed by atoms with Gasteiger partial charge in [-0.3, -0.25) is 24.5 Å². The first-order chi connectivity index (χ1) is 8.36. The van der Waals surface area contributed by atoms with Crippen LogP contribution in [0.25, 0.3) is 0 Å². The molecule has 18 heavy (non-hydrogen) atoms. The lowest BCUT2D eigenvalue weighted by molar-refractivity contribution is -0.149. The van der Waals surface area contributed by atoms with Crippen LogP contribution < -0.4 is 5.32 Å². The first-order valence-electron chi connectivity index (χ1n) is 5.59. The van der Waals surface area contributed by atoms with E-state index in [0.29, 0.717) is 12.8 Å². The Morgan fingerprint density at radius 2 is 2.06 bits per heavy atom. The monoisotopic (exact) mass is 271 g/mol. The lowest BCUT2D eigenvalue weighted by Crippen LogP contribution is -2.39. The Morgan fingerprint density at radius 1 is 1.39 bits per heavy atom. The van der Waals surface area contributed by atoms with Crippen LogP contribution in [0.2, 0.25) is 0 Å². The fourth-order valence-electron chi connectivity index (χ4n) is 2.67. The molecule has 0 aromatic carbocycles. The molecule has 2 aliphatic rings. The average Bonchev–Trinajstić information content (AvgIpc) is 2.66. The fourth-order valence-corrected chi connectivity index (χ4v) is 3.93. The number of fused-ring (bicyclic) bond motifs is 1. The van der Waals surface area contributed by atoms with Gasteiger partial charge in [-0.25, -0.2) is 0 Å². The number of ether oxygens (including phenoxy) is 1. The summed E-state index contributed by atoms with van der Waals surface area (Å²) in [5.74, 6) is -2.16. The number of amides is 2. The van der Waals surface area contributed by atoms with Gasteiger partial charge in [0.1, 0.15) is 10.9 Å². The molecule has 1 saturated heterocycles. The number of rotatable bonds is 2. The van der Waals surface area contributed by atoms with Crippen LogP contribution in [0.5, 0.6) is 0 Å². The zero-order chi connectivity index (χ0) is 13.5. The molecule has 0 aromatic rings. The second kappa shape index (κ2) is 4.38. The first kappa shape index (κ1) is 13.1. The molecule has 3 atom stereocenters. The van der Waals surface area contributed by atoms with Crippen molar-refractivity contribution < 1.29 is 23.9 Å². The number of carbonyl (C=O) groups is 4. The van der Waals surface area contributed by atoms with Gasteiger partial charge >= 0.3 is 5.97 Å². The van der Waals surface area contributed by atoms with E-state index >= 15 is 0 Å². The maximum atomic E-state index is 11.9. The molecule has 6 nitrogen and oxygen atoms in total. The van der Waals surface area contributed by atoms with E-state index in [0.717, 1.165) is 11.8 Å². The van der Waals surface area contributed by atoms with Gasteiger partial charge in [-0.1, -0.05) is 11.8 Å². The lowest BCUT2D eigenvalue weighted by atomic mass is 9.96. The molecule has 1 saturated carbocycles. The molecule has 2 fully saturated rings. The minimum Gasteiger partial charge on any atom is -0.462 e. The van der Waals surface area contributed by atoms with Gasteiger partial charge in [0.25, 0.3) is 0 Å². The van der Waals surface area contributed by atoms with E-state index in [4.69, 9.17) is 4.74 Å². The molecule has 0 bridgehead atoms. The number of esters is 1. The summed E-state index contributed by atoms with van der Waals surface area (Å²) in [6.45, 7) is 2.61. The van der Waals surface area contributed by atoms with Crippen molar-refractivity contribution in [1.29, 1.82) is 0 Å². The number of hydrogen-bond acceptors (Lipinski definition) is 6. The number of nitrogens with one attached hydrogen (secondary N) is 1. The molecule has 98 valence electrons. The van der Waals surface area contributed by atoms with E-state index in [1.165, 1.54) is 13.8 Å². The van der Waals surface area contributed by atoms with E-state index in [9.17, 15) is 19.2 Å². The van der Waals surface area contributed by atoms with Gasteiger partial charge in [0.15, 0.2) is 5.12 Å². The Labute approximate surface area is 108 Å². The molecule has 2 rings (SSSR count). The largest absolute Gasteiger partial charge is 0.462 e. The predicted octanol–water partition coefficient (Wildman–Crippen LogP) is 0.00300. The van der Waals surface area contributed by atoms with Crippen LogP contribution in [0, 0.1) is 5.92 Å². The van der Waals surface area contributed by atoms with Crippen molar-refractivity contribution in [2.24, 2.45) is 5.92 Å². The normalized spacial score (nSPS) is 34.1. The minimum atomic E-state index is -1.09. The van der Waals surface area contributed by atoms with Crippen molar-refractivity contribution in [3.63, 3.8) is 0 Å². The van der Waals surface area contributed by atoms with Crippen molar-refractivity contribution >= 4 is 34.7 Å². The van der Waals surface area contributed by atoms with Crippen LogP contribution in [0.1, 0.15) is 26.7 Å². The first-order valence-corrected chi connectivity index (χ1v) is 6.40. The van der Waals surface area contributed by atoms with Crippen molar-refractivity contribution in [2.75, 3.05) is 0 Å². The van der Waals surface area contributed by atoms with Crippen LogP contribution in [-0.4, -0.2) is 33.7 Å². The summed E-state index contributed by atoms with van der Waals surface area (Å²) in [7, 11) is 0. The molecule has 1 N–H and O–H groups in total. The highest BCUT2D eigenvalue weighted by atomic mass is 32.2. The zero-order valence-electron chi connectivity index (χ0n) is 10.0. The third kappa shape index (κ3) is 1.92. The third-order valence-corrected chi connectivity index (χ3v) is 4.52. The predicted molar refractivity (Wildman–Crippen MR) is 62.4 cm³/mol. The van der Waals surface area contributed by atoms with Crippen molar-refractivity contribution in [3.05, 3.63) is 0 Å². The summed E-state index contributed by atoms with van der Waals surface area (Å²) < 4.78 is 3.98. The summed E-state index contributed by atoms with van der Waals surface area (Å²) >= 11 is 0.860. The Kier molecular flexibility index (Phi) is 3.18. The average molecular weight is 271 g/mol. The molecule has 0 aromatic heterocycles. The molecule has 2 amide bonds. The highest BCUT2D eigenvalue weighted by molar-refractivity contribution is 8.15. The second-order valence-electron chi connectivity index (χ2n) is 4.47. The zero-order valence-corrected chi connectivity index (χ0v) is 10.8. The third-order valence-electron chi connectivity index (χ3n) is 3.22.